The highest BCUT2D eigenvalue weighted by molar-refractivity contribution is 5.93. The number of benzene rings is 1. The maximum atomic E-state index is 12.5. The Labute approximate surface area is 208 Å². The van der Waals surface area contributed by atoms with Crippen LogP contribution in [0.2, 0.25) is 0 Å². The molecule has 1 heterocycles. The second-order valence-electron chi connectivity index (χ2n) is 10.7. The van der Waals surface area contributed by atoms with Crippen molar-refractivity contribution >= 4 is 23.0 Å². The van der Waals surface area contributed by atoms with Gasteiger partial charge in [-0.25, -0.2) is 14.6 Å². The highest BCUT2D eigenvalue weighted by Crippen LogP contribution is 2.38. The van der Waals surface area contributed by atoms with Gasteiger partial charge in [0.05, 0.1) is 23.7 Å². The number of ether oxygens (including phenoxy) is 1. The number of nitrogens with one attached hydrogen (secondary N) is 3. The second kappa shape index (κ2) is 11.3. The van der Waals surface area contributed by atoms with Crippen molar-refractivity contribution in [1.29, 1.82) is 0 Å². The number of aromatic amines is 1. The molecular formula is C28H40N4O3. The van der Waals surface area contributed by atoms with Crippen LogP contribution in [-0.4, -0.2) is 41.7 Å². The molecule has 3 N–H and O–H groups in total. The van der Waals surface area contributed by atoms with Crippen LogP contribution in [-0.2, 0) is 11.2 Å². The zero-order valence-corrected chi connectivity index (χ0v) is 21.5. The zero-order chi connectivity index (χ0) is 24.9. The summed E-state index contributed by atoms with van der Waals surface area (Å²) in [6, 6.07) is 5.72. The van der Waals surface area contributed by atoms with Crippen molar-refractivity contribution in [3.05, 3.63) is 41.2 Å². The van der Waals surface area contributed by atoms with E-state index < -0.39 is 0 Å². The number of aromatic nitrogens is 2. The minimum absolute atomic E-state index is 0.0267. The maximum Gasteiger partial charge on any atom is 0.337 e. The topological polar surface area (TPSA) is 96.1 Å². The van der Waals surface area contributed by atoms with Gasteiger partial charge in [-0.05, 0) is 68.1 Å². The van der Waals surface area contributed by atoms with Crippen molar-refractivity contribution in [2.45, 2.75) is 71.8 Å². The highest BCUT2D eigenvalue weighted by Gasteiger charge is 2.32. The fourth-order valence-corrected chi connectivity index (χ4v) is 5.84. The number of nitrogens with zero attached hydrogens (tertiary/aromatic N) is 1. The molecule has 1 saturated carbocycles. The van der Waals surface area contributed by atoms with Crippen molar-refractivity contribution in [3.8, 4) is 0 Å². The Bertz CT molecular complexity index is 1070. The Balaban J connectivity index is 1.40. The molecule has 7 heteroatoms. The molecule has 2 aliphatic rings. The van der Waals surface area contributed by atoms with Gasteiger partial charge in [0.25, 0.3) is 0 Å². The molecule has 4 rings (SSSR count). The number of carbonyl (C=O) groups excluding carboxylic acids is 2. The van der Waals surface area contributed by atoms with Gasteiger partial charge in [-0.3, -0.25) is 0 Å². The number of rotatable bonds is 7. The number of imidazole rings is 1. The first-order chi connectivity index (χ1) is 16.8. The molecule has 2 aliphatic carbocycles. The standard InChI is InChI=1S/C28H40N4O3/c1-17(2)23-13-20(15-26-31-24-11-10-19(27(33)35-4)14-25(24)32-26)18(3)12-21(23)16-29-28(34)30-22-8-6-5-7-9-22/h10-12,14,17,20-23H,5-9,13,15-16H2,1-4H3,(H,31,32)(H2,29,30,34)/t20-,21-,23-/m0/s1. The molecule has 0 bridgehead atoms. The molecule has 3 atom stereocenters. The smallest absolute Gasteiger partial charge is 0.337 e. The highest BCUT2D eigenvalue weighted by atomic mass is 16.5. The van der Waals surface area contributed by atoms with Crippen molar-refractivity contribution in [2.75, 3.05) is 13.7 Å². The molecule has 1 aromatic heterocycles. The fourth-order valence-electron chi connectivity index (χ4n) is 5.84. The number of hydrogen-bond donors (Lipinski definition) is 3. The SMILES string of the molecule is COC(=O)c1ccc2nc(C[C@@H]3C[C@@H](C(C)C)[C@H](CNC(=O)NC4CCCCC4)C=C3C)[nH]c2c1. The van der Waals surface area contributed by atoms with Gasteiger partial charge < -0.3 is 20.4 Å². The summed E-state index contributed by atoms with van der Waals surface area (Å²) in [7, 11) is 1.39. The van der Waals surface area contributed by atoms with Crippen molar-refractivity contribution in [3.63, 3.8) is 0 Å². The van der Waals surface area contributed by atoms with E-state index in [0.717, 1.165) is 42.5 Å². The first kappa shape index (κ1) is 25.3. The largest absolute Gasteiger partial charge is 0.465 e. The summed E-state index contributed by atoms with van der Waals surface area (Å²) >= 11 is 0. The second-order valence-corrected chi connectivity index (χ2v) is 10.7. The Kier molecular flexibility index (Phi) is 8.14. The van der Waals surface area contributed by atoms with Crippen molar-refractivity contribution in [1.82, 2.24) is 20.6 Å². The molecule has 35 heavy (non-hydrogen) atoms. The van der Waals surface area contributed by atoms with E-state index >= 15 is 0 Å². The molecule has 0 spiro atoms. The van der Waals surface area contributed by atoms with E-state index in [4.69, 9.17) is 9.72 Å². The monoisotopic (exact) mass is 480 g/mol. The van der Waals surface area contributed by atoms with E-state index in [1.54, 1.807) is 12.1 Å². The van der Waals surface area contributed by atoms with Gasteiger partial charge >= 0.3 is 12.0 Å². The number of H-pyrrole nitrogens is 1. The first-order valence-corrected chi connectivity index (χ1v) is 13.1. The predicted octanol–water partition coefficient (Wildman–Crippen LogP) is 5.38. The minimum atomic E-state index is -0.346. The van der Waals surface area contributed by atoms with Crippen LogP contribution in [0.15, 0.2) is 29.8 Å². The van der Waals surface area contributed by atoms with Crippen LogP contribution in [0.4, 0.5) is 4.79 Å². The summed E-state index contributed by atoms with van der Waals surface area (Å²) in [4.78, 5) is 32.5. The third kappa shape index (κ3) is 6.24. The summed E-state index contributed by atoms with van der Waals surface area (Å²) < 4.78 is 4.83. The third-order valence-corrected chi connectivity index (χ3v) is 7.91. The number of hydrogen-bond acceptors (Lipinski definition) is 4. The van der Waals surface area contributed by atoms with E-state index in [9.17, 15) is 9.59 Å². The minimum Gasteiger partial charge on any atom is -0.465 e. The quantitative estimate of drug-likeness (QED) is 0.366. The van der Waals surface area contributed by atoms with E-state index in [-0.39, 0.29) is 12.0 Å². The number of allylic oxidation sites excluding steroid dienone is 1. The lowest BCUT2D eigenvalue weighted by Gasteiger charge is -2.37. The molecule has 0 unspecified atom stereocenters. The lowest BCUT2D eigenvalue weighted by Crippen LogP contribution is -2.45. The first-order valence-electron chi connectivity index (χ1n) is 13.1. The lowest BCUT2D eigenvalue weighted by molar-refractivity contribution is 0.0601. The molecular weight excluding hydrogens is 440 g/mol. The lowest BCUT2D eigenvalue weighted by atomic mass is 9.70. The normalized spacial score (nSPS) is 23.2. The molecule has 1 fully saturated rings. The van der Waals surface area contributed by atoms with E-state index in [1.165, 1.54) is 31.9 Å². The number of urea groups is 1. The molecule has 0 aliphatic heterocycles. The van der Waals surface area contributed by atoms with Crippen LogP contribution < -0.4 is 10.6 Å². The van der Waals surface area contributed by atoms with Crippen LogP contribution in [0.25, 0.3) is 11.0 Å². The fraction of sp³-hybridized carbons (Fsp3) is 0.607. The van der Waals surface area contributed by atoms with Crippen LogP contribution in [0.1, 0.15) is 75.5 Å². The zero-order valence-electron chi connectivity index (χ0n) is 21.5. The number of esters is 1. The Morgan fingerprint density at radius 3 is 2.69 bits per heavy atom. The molecule has 7 nitrogen and oxygen atoms in total. The summed E-state index contributed by atoms with van der Waals surface area (Å²) in [6.45, 7) is 7.43. The number of carbonyl (C=O) groups is 2. The van der Waals surface area contributed by atoms with E-state index in [0.29, 0.717) is 41.8 Å². The van der Waals surface area contributed by atoms with Crippen molar-refractivity contribution < 1.29 is 14.3 Å². The predicted molar refractivity (Wildman–Crippen MR) is 138 cm³/mol. The van der Waals surface area contributed by atoms with Crippen LogP contribution in [0.3, 0.4) is 0 Å². The summed E-state index contributed by atoms with van der Waals surface area (Å²) in [5.41, 5.74) is 3.59. The Hall–Kier alpha value is -2.83. The van der Waals surface area contributed by atoms with Gasteiger partial charge in [-0.15, -0.1) is 0 Å². The molecule has 0 saturated heterocycles. The number of amides is 2. The Morgan fingerprint density at radius 1 is 1.20 bits per heavy atom. The van der Waals surface area contributed by atoms with Crippen molar-refractivity contribution in [2.24, 2.45) is 23.7 Å². The van der Waals surface area contributed by atoms with Gasteiger partial charge in [0, 0.05) is 19.0 Å². The summed E-state index contributed by atoms with van der Waals surface area (Å²) in [5.74, 6) is 2.34. The molecule has 2 amide bonds. The average molecular weight is 481 g/mol. The van der Waals surface area contributed by atoms with Gasteiger partial charge in [0.1, 0.15) is 5.82 Å². The third-order valence-electron chi connectivity index (χ3n) is 7.91. The number of methoxy groups -OCH3 is 1. The molecule has 0 radical (unpaired) electrons. The van der Waals surface area contributed by atoms with Crippen LogP contribution >= 0.6 is 0 Å². The Morgan fingerprint density at radius 2 is 1.97 bits per heavy atom. The summed E-state index contributed by atoms with van der Waals surface area (Å²) in [6.07, 6.45) is 10.2. The van der Waals surface area contributed by atoms with Crippen LogP contribution in [0.5, 0.6) is 0 Å². The van der Waals surface area contributed by atoms with Gasteiger partial charge in [0.2, 0.25) is 0 Å². The van der Waals surface area contributed by atoms with Gasteiger partial charge in [-0.2, -0.15) is 0 Å². The van der Waals surface area contributed by atoms with Crippen LogP contribution in [0, 0.1) is 23.7 Å². The average Bonchev–Trinajstić information content (AvgIpc) is 3.25. The maximum absolute atomic E-state index is 12.5. The van der Waals surface area contributed by atoms with E-state index in [2.05, 4.69) is 42.5 Å². The van der Waals surface area contributed by atoms with Gasteiger partial charge in [0.15, 0.2) is 0 Å². The molecule has 2 aromatic rings. The number of fused-ring (bicyclic) bond motifs is 1. The molecule has 190 valence electrons. The van der Waals surface area contributed by atoms with Gasteiger partial charge in [-0.1, -0.05) is 44.8 Å². The molecule has 1 aromatic carbocycles. The van der Waals surface area contributed by atoms with E-state index in [1.807, 2.05) is 6.07 Å². The summed E-state index contributed by atoms with van der Waals surface area (Å²) in [5, 5.41) is 6.33.